The molecule has 13 heavy (non-hydrogen) atoms. The van der Waals surface area contributed by atoms with Crippen LogP contribution in [0.3, 0.4) is 0 Å². The highest BCUT2D eigenvalue weighted by molar-refractivity contribution is 7.17. The van der Waals surface area contributed by atoms with Gasteiger partial charge in [0.1, 0.15) is 0 Å². The van der Waals surface area contributed by atoms with Crippen LogP contribution in [-0.2, 0) is 0 Å². The lowest BCUT2D eigenvalue weighted by Gasteiger charge is -1.92. The van der Waals surface area contributed by atoms with Crippen LogP contribution in [0.2, 0.25) is 0 Å². The third-order valence-electron chi connectivity index (χ3n) is 1.79. The summed E-state index contributed by atoms with van der Waals surface area (Å²) in [6, 6.07) is 7.85. The molecule has 0 saturated carbocycles. The molecule has 66 valence electrons. The molecule has 1 aromatic carbocycles. The van der Waals surface area contributed by atoms with Crippen molar-refractivity contribution in [3.8, 4) is 0 Å². The van der Waals surface area contributed by atoms with Gasteiger partial charge in [-0.25, -0.2) is 0 Å². The molecule has 2 aromatic rings. The summed E-state index contributed by atoms with van der Waals surface area (Å²) >= 11 is 7.30. The van der Waals surface area contributed by atoms with E-state index in [1.807, 2.05) is 29.6 Å². The first-order valence-corrected chi connectivity index (χ1v) is 4.93. The van der Waals surface area contributed by atoms with Gasteiger partial charge in [-0.3, -0.25) is 0 Å². The molecule has 0 aliphatic heterocycles. The molecule has 0 radical (unpaired) electrons. The fourth-order valence-corrected chi connectivity index (χ4v) is 2.36. The summed E-state index contributed by atoms with van der Waals surface area (Å²) in [4.78, 5) is 0. The van der Waals surface area contributed by atoms with E-state index in [0.717, 1.165) is 15.6 Å². The largest absolute Gasteiger partial charge is 0.410 e. The minimum atomic E-state index is 0.137. The number of nitrogens with zero attached hydrogens (tertiary/aromatic N) is 1. The van der Waals surface area contributed by atoms with Crippen molar-refractivity contribution in [3.05, 3.63) is 35.2 Å². The van der Waals surface area contributed by atoms with E-state index in [0.29, 0.717) is 0 Å². The molecule has 0 spiro atoms. The molecule has 0 fully saturated rings. The monoisotopic (exact) mass is 211 g/mol. The molecule has 1 N–H and O–H groups in total. The molecule has 2 rings (SSSR count). The van der Waals surface area contributed by atoms with Crippen molar-refractivity contribution >= 4 is 38.2 Å². The maximum Gasteiger partial charge on any atom is 0.176 e. The van der Waals surface area contributed by atoms with Crippen molar-refractivity contribution in [3.63, 3.8) is 0 Å². The summed E-state index contributed by atoms with van der Waals surface area (Å²) in [5, 5.41) is 14.5. The average molecular weight is 212 g/mol. The van der Waals surface area contributed by atoms with Crippen LogP contribution in [0.1, 0.15) is 5.56 Å². The molecule has 4 heteroatoms. The summed E-state index contributed by atoms with van der Waals surface area (Å²) in [5.74, 6) is 0. The summed E-state index contributed by atoms with van der Waals surface area (Å²) in [6.07, 6.45) is 0. The fraction of sp³-hybridized carbons (Fsp3) is 0. The highest BCUT2D eigenvalue weighted by Crippen LogP contribution is 2.26. The van der Waals surface area contributed by atoms with Gasteiger partial charge in [-0.15, -0.1) is 11.3 Å². The van der Waals surface area contributed by atoms with Crippen LogP contribution in [0.5, 0.6) is 0 Å². The minimum Gasteiger partial charge on any atom is -0.410 e. The van der Waals surface area contributed by atoms with Crippen LogP contribution >= 0.6 is 22.9 Å². The minimum absolute atomic E-state index is 0.137. The Kier molecular flexibility index (Phi) is 2.20. The summed E-state index contributed by atoms with van der Waals surface area (Å²) in [7, 11) is 0. The van der Waals surface area contributed by atoms with E-state index in [9.17, 15) is 0 Å². The highest BCUT2D eigenvalue weighted by Gasteiger charge is 2.07. The normalized spacial score (nSPS) is 12.2. The number of halogens is 1. The maximum atomic E-state index is 8.53. The van der Waals surface area contributed by atoms with Crippen molar-refractivity contribution < 1.29 is 5.21 Å². The zero-order valence-corrected chi connectivity index (χ0v) is 8.14. The second kappa shape index (κ2) is 3.36. The van der Waals surface area contributed by atoms with Crippen LogP contribution in [0.25, 0.3) is 10.1 Å². The average Bonchev–Trinajstić information content (AvgIpc) is 2.60. The Hall–Kier alpha value is -1.06. The van der Waals surface area contributed by atoms with E-state index < -0.39 is 0 Å². The second-order valence-electron chi connectivity index (χ2n) is 2.54. The summed E-state index contributed by atoms with van der Waals surface area (Å²) in [5.41, 5.74) is 0.782. The van der Waals surface area contributed by atoms with Gasteiger partial charge in [-0.2, -0.15) is 0 Å². The van der Waals surface area contributed by atoms with E-state index in [4.69, 9.17) is 16.8 Å². The van der Waals surface area contributed by atoms with Crippen LogP contribution in [0.15, 0.2) is 34.8 Å². The van der Waals surface area contributed by atoms with Crippen LogP contribution in [0, 0.1) is 0 Å². The van der Waals surface area contributed by atoms with Crippen LogP contribution in [-0.4, -0.2) is 10.4 Å². The van der Waals surface area contributed by atoms with Crippen LogP contribution in [0.4, 0.5) is 0 Å². The third-order valence-corrected chi connectivity index (χ3v) is 3.03. The number of fused-ring (bicyclic) bond motifs is 1. The number of benzene rings is 1. The molecule has 0 aliphatic carbocycles. The molecule has 2 nitrogen and oxygen atoms in total. The first-order chi connectivity index (χ1) is 6.33. The lowest BCUT2D eigenvalue weighted by molar-refractivity contribution is 0.321. The zero-order valence-electron chi connectivity index (χ0n) is 6.57. The lowest BCUT2D eigenvalue weighted by Crippen LogP contribution is -1.87. The topological polar surface area (TPSA) is 32.6 Å². The Labute approximate surface area is 84.1 Å². The van der Waals surface area contributed by atoms with Crippen molar-refractivity contribution in [2.75, 3.05) is 0 Å². The van der Waals surface area contributed by atoms with E-state index in [1.54, 1.807) is 11.3 Å². The third kappa shape index (κ3) is 1.41. The highest BCUT2D eigenvalue weighted by atomic mass is 35.5. The van der Waals surface area contributed by atoms with Gasteiger partial charge in [0.15, 0.2) is 5.17 Å². The van der Waals surface area contributed by atoms with Crippen molar-refractivity contribution in [2.45, 2.75) is 0 Å². The molecule has 0 atom stereocenters. The Morgan fingerprint density at radius 1 is 1.38 bits per heavy atom. The van der Waals surface area contributed by atoms with Gasteiger partial charge in [-0.05, 0) is 6.07 Å². The predicted octanol–water partition coefficient (Wildman–Crippen LogP) is 3.28. The van der Waals surface area contributed by atoms with Gasteiger partial charge < -0.3 is 5.21 Å². The van der Waals surface area contributed by atoms with Gasteiger partial charge in [0.25, 0.3) is 0 Å². The first-order valence-electron chi connectivity index (χ1n) is 3.67. The van der Waals surface area contributed by atoms with Gasteiger partial charge in [0, 0.05) is 21.0 Å². The van der Waals surface area contributed by atoms with E-state index in [1.165, 1.54) is 0 Å². The molecule has 0 amide bonds. The maximum absolute atomic E-state index is 8.53. The van der Waals surface area contributed by atoms with E-state index in [2.05, 4.69) is 5.16 Å². The Balaban J connectivity index is 2.71. The van der Waals surface area contributed by atoms with E-state index in [-0.39, 0.29) is 5.17 Å². The molecule has 0 bridgehead atoms. The molecule has 1 aromatic heterocycles. The van der Waals surface area contributed by atoms with Gasteiger partial charge in [0.2, 0.25) is 0 Å². The Morgan fingerprint density at radius 2 is 2.15 bits per heavy atom. The summed E-state index contributed by atoms with van der Waals surface area (Å²) < 4.78 is 1.14. The number of rotatable bonds is 1. The molecule has 0 saturated heterocycles. The quantitative estimate of drug-likeness (QED) is 0.438. The van der Waals surface area contributed by atoms with Crippen molar-refractivity contribution in [1.29, 1.82) is 0 Å². The standard InChI is InChI=1S/C9H6ClNOS/c10-9(11-12)7-5-13-8-4-2-1-3-6(7)8/h1-5,12H/b11-9+. The first kappa shape index (κ1) is 8.53. The van der Waals surface area contributed by atoms with Crippen molar-refractivity contribution in [2.24, 2.45) is 5.16 Å². The molecule has 0 aliphatic rings. The fourth-order valence-electron chi connectivity index (χ4n) is 1.19. The van der Waals surface area contributed by atoms with Crippen LogP contribution < -0.4 is 0 Å². The number of thiophene rings is 1. The molecule has 0 unspecified atom stereocenters. The lowest BCUT2D eigenvalue weighted by atomic mass is 10.2. The predicted molar refractivity (Wildman–Crippen MR) is 56.0 cm³/mol. The zero-order chi connectivity index (χ0) is 9.26. The van der Waals surface area contributed by atoms with Gasteiger partial charge in [-0.1, -0.05) is 35.0 Å². The smallest absolute Gasteiger partial charge is 0.176 e. The molecular formula is C9H6ClNOS. The molecule has 1 heterocycles. The van der Waals surface area contributed by atoms with Gasteiger partial charge >= 0.3 is 0 Å². The number of hydrogen-bond donors (Lipinski definition) is 1. The Bertz CT molecular complexity index is 463. The molecular weight excluding hydrogens is 206 g/mol. The Morgan fingerprint density at radius 3 is 2.92 bits per heavy atom. The van der Waals surface area contributed by atoms with Crippen molar-refractivity contribution in [1.82, 2.24) is 0 Å². The SMILES string of the molecule is O/N=C(/Cl)c1csc2ccccc12. The summed E-state index contributed by atoms with van der Waals surface area (Å²) in [6.45, 7) is 0. The van der Waals surface area contributed by atoms with Gasteiger partial charge in [0.05, 0.1) is 0 Å². The van der Waals surface area contributed by atoms with E-state index >= 15 is 0 Å². The second-order valence-corrected chi connectivity index (χ2v) is 3.81. The number of oxime groups is 1. The number of hydrogen-bond acceptors (Lipinski definition) is 3.